The lowest BCUT2D eigenvalue weighted by molar-refractivity contribution is -0.137. The third kappa shape index (κ3) is 5.12. The van der Waals surface area contributed by atoms with Crippen LogP contribution in [0.4, 0.5) is 0 Å². The fourth-order valence-corrected chi connectivity index (χ4v) is 2.42. The predicted octanol–water partition coefficient (Wildman–Crippen LogP) is 3.20. The average molecular weight is 327 g/mol. The summed E-state index contributed by atoms with van der Waals surface area (Å²) in [6, 6.07) is 16.6. The average Bonchev–Trinajstić information content (AvgIpc) is 2.61. The molecular formula is C19H21NO4. The van der Waals surface area contributed by atoms with E-state index in [4.69, 9.17) is 9.84 Å². The van der Waals surface area contributed by atoms with Crippen molar-refractivity contribution in [2.45, 2.75) is 19.4 Å². The largest absolute Gasteiger partial charge is 0.497 e. The van der Waals surface area contributed by atoms with Crippen LogP contribution < -0.4 is 4.74 Å². The van der Waals surface area contributed by atoms with Gasteiger partial charge in [0.1, 0.15) is 5.75 Å². The molecule has 0 bridgehead atoms. The Kier molecular flexibility index (Phi) is 6.37. The van der Waals surface area contributed by atoms with Crippen LogP contribution in [0.15, 0.2) is 54.6 Å². The summed E-state index contributed by atoms with van der Waals surface area (Å²) in [5.74, 6) is -0.377. The van der Waals surface area contributed by atoms with Crippen LogP contribution >= 0.6 is 0 Å². The lowest BCUT2D eigenvalue weighted by atomic mass is 10.1. The second kappa shape index (κ2) is 8.72. The number of carboxylic acid groups (broad SMARTS) is 1. The minimum Gasteiger partial charge on any atom is -0.497 e. The fourth-order valence-electron chi connectivity index (χ4n) is 2.42. The first-order valence-electron chi connectivity index (χ1n) is 7.79. The fraction of sp³-hybridized carbons (Fsp3) is 0.263. The van der Waals surface area contributed by atoms with Crippen LogP contribution in [0, 0.1) is 0 Å². The van der Waals surface area contributed by atoms with Crippen LogP contribution in [0.25, 0.3) is 0 Å². The van der Waals surface area contributed by atoms with Crippen LogP contribution in [0.1, 0.15) is 28.8 Å². The normalized spacial score (nSPS) is 10.2. The molecule has 0 saturated carbocycles. The second-order valence-corrected chi connectivity index (χ2v) is 5.44. The third-order valence-corrected chi connectivity index (χ3v) is 3.64. The molecule has 2 aromatic carbocycles. The van der Waals surface area contributed by atoms with Crippen molar-refractivity contribution in [1.82, 2.24) is 4.90 Å². The van der Waals surface area contributed by atoms with Gasteiger partial charge < -0.3 is 14.7 Å². The Labute approximate surface area is 141 Å². The first kappa shape index (κ1) is 17.5. The molecule has 2 rings (SSSR count). The zero-order valence-corrected chi connectivity index (χ0v) is 13.6. The van der Waals surface area contributed by atoms with Crippen LogP contribution in [0.2, 0.25) is 0 Å². The number of methoxy groups -OCH3 is 1. The summed E-state index contributed by atoms with van der Waals surface area (Å²) in [6.07, 6.45) is 0.453. The Morgan fingerprint density at radius 3 is 2.50 bits per heavy atom. The molecule has 0 aliphatic heterocycles. The smallest absolute Gasteiger partial charge is 0.303 e. The number of amides is 1. The van der Waals surface area contributed by atoms with Gasteiger partial charge in [-0.15, -0.1) is 0 Å². The molecule has 0 radical (unpaired) electrons. The van der Waals surface area contributed by atoms with Gasteiger partial charge in [-0.2, -0.15) is 0 Å². The monoisotopic (exact) mass is 327 g/mol. The maximum absolute atomic E-state index is 12.8. The van der Waals surface area contributed by atoms with Crippen molar-refractivity contribution in [3.8, 4) is 5.75 Å². The quantitative estimate of drug-likeness (QED) is 0.808. The number of carboxylic acids is 1. The molecular weight excluding hydrogens is 306 g/mol. The van der Waals surface area contributed by atoms with Gasteiger partial charge >= 0.3 is 5.97 Å². The van der Waals surface area contributed by atoms with Crippen molar-refractivity contribution >= 4 is 11.9 Å². The zero-order chi connectivity index (χ0) is 17.4. The van der Waals surface area contributed by atoms with Gasteiger partial charge in [0.2, 0.25) is 0 Å². The Morgan fingerprint density at radius 2 is 1.83 bits per heavy atom. The van der Waals surface area contributed by atoms with Crippen molar-refractivity contribution in [2.24, 2.45) is 0 Å². The van der Waals surface area contributed by atoms with E-state index in [0.29, 0.717) is 30.8 Å². The molecule has 0 heterocycles. The predicted molar refractivity (Wildman–Crippen MR) is 91.0 cm³/mol. The first-order chi connectivity index (χ1) is 11.6. The highest BCUT2D eigenvalue weighted by molar-refractivity contribution is 5.94. The maximum Gasteiger partial charge on any atom is 0.303 e. The van der Waals surface area contributed by atoms with E-state index in [1.54, 1.807) is 36.3 Å². The van der Waals surface area contributed by atoms with E-state index in [-0.39, 0.29) is 12.3 Å². The summed E-state index contributed by atoms with van der Waals surface area (Å²) in [6.45, 7) is 0.827. The molecule has 24 heavy (non-hydrogen) atoms. The molecule has 1 N–H and O–H groups in total. The van der Waals surface area contributed by atoms with E-state index < -0.39 is 5.97 Å². The topological polar surface area (TPSA) is 66.8 Å². The van der Waals surface area contributed by atoms with Gasteiger partial charge in [-0.25, -0.2) is 0 Å². The Bertz CT molecular complexity index is 685. The van der Waals surface area contributed by atoms with Crippen LogP contribution in [-0.4, -0.2) is 35.5 Å². The number of carbonyl (C=O) groups is 2. The number of benzene rings is 2. The van der Waals surface area contributed by atoms with E-state index in [2.05, 4.69) is 0 Å². The van der Waals surface area contributed by atoms with E-state index in [0.717, 1.165) is 5.56 Å². The molecule has 0 aromatic heterocycles. The molecule has 0 aliphatic carbocycles. The van der Waals surface area contributed by atoms with Crippen molar-refractivity contribution in [2.75, 3.05) is 13.7 Å². The van der Waals surface area contributed by atoms with Gasteiger partial charge in [0.05, 0.1) is 7.11 Å². The lowest BCUT2D eigenvalue weighted by Crippen LogP contribution is -2.31. The number of nitrogens with zero attached hydrogens (tertiary/aromatic N) is 1. The number of hydrogen-bond acceptors (Lipinski definition) is 3. The highest BCUT2D eigenvalue weighted by Crippen LogP contribution is 2.16. The first-order valence-corrected chi connectivity index (χ1v) is 7.79. The number of carbonyl (C=O) groups excluding carboxylic acids is 1. The molecule has 0 saturated heterocycles. The van der Waals surface area contributed by atoms with E-state index >= 15 is 0 Å². The van der Waals surface area contributed by atoms with Crippen molar-refractivity contribution in [3.05, 3.63) is 65.7 Å². The van der Waals surface area contributed by atoms with E-state index in [9.17, 15) is 9.59 Å². The second-order valence-electron chi connectivity index (χ2n) is 5.44. The minimum atomic E-state index is -0.858. The summed E-state index contributed by atoms with van der Waals surface area (Å²) in [5, 5.41) is 8.82. The molecule has 0 spiro atoms. The third-order valence-electron chi connectivity index (χ3n) is 3.64. The molecule has 126 valence electrons. The molecule has 0 unspecified atom stereocenters. The number of hydrogen-bond donors (Lipinski definition) is 1. The van der Waals surface area contributed by atoms with Gasteiger partial charge in [0.15, 0.2) is 0 Å². The van der Waals surface area contributed by atoms with Crippen molar-refractivity contribution < 1.29 is 19.4 Å². The Balaban J connectivity index is 2.16. The molecule has 0 atom stereocenters. The van der Waals surface area contributed by atoms with Gasteiger partial charge in [-0.1, -0.05) is 36.4 Å². The molecule has 1 amide bonds. The summed E-state index contributed by atoms with van der Waals surface area (Å²) >= 11 is 0. The Hall–Kier alpha value is -2.82. The van der Waals surface area contributed by atoms with Crippen molar-refractivity contribution in [3.63, 3.8) is 0 Å². The van der Waals surface area contributed by atoms with Crippen molar-refractivity contribution in [1.29, 1.82) is 0 Å². The lowest BCUT2D eigenvalue weighted by Gasteiger charge is -2.23. The summed E-state index contributed by atoms with van der Waals surface area (Å²) in [7, 11) is 1.55. The zero-order valence-electron chi connectivity index (χ0n) is 13.6. The summed E-state index contributed by atoms with van der Waals surface area (Å²) < 4.78 is 5.17. The summed E-state index contributed by atoms with van der Waals surface area (Å²) in [4.78, 5) is 25.2. The molecule has 5 heteroatoms. The highest BCUT2D eigenvalue weighted by atomic mass is 16.5. The van der Waals surface area contributed by atoms with Crippen LogP contribution in [0.5, 0.6) is 5.75 Å². The van der Waals surface area contributed by atoms with Crippen LogP contribution in [-0.2, 0) is 11.3 Å². The molecule has 5 nitrogen and oxygen atoms in total. The molecule has 2 aromatic rings. The van der Waals surface area contributed by atoms with Gasteiger partial charge in [-0.3, -0.25) is 9.59 Å². The van der Waals surface area contributed by atoms with E-state index in [1.807, 2.05) is 30.3 Å². The Morgan fingerprint density at radius 1 is 1.08 bits per heavy atom. The van der Waals surface area contributed by atoms with Gasteiger partial charge in [0, 0.05) is 25.1 Å². The van der Waals surface area contributed by atoms with Gasteiger partial charge in [0.25, 0.3) is 5.91 Å². The number of rotatable bonds is 8. The summed E-state index contributed by atoms with van der Waals surface area (Å²) in [5.41, 5.74) is 1.53. The molecule has 0 fully saturated rings. The SMILES string of the molecule is COc1cccc(C(=O)N(CCCC(=O)O)Cc2ccccc2)c1. The van der Waals surface area contributed by atoms with Crippen LogP contribution in [0.3, 0.4) is 0 Å². The maximum atomic E-state index is 12.8. The van der Waals surface area contributed by atoms with E-state index in [1.165, 1.54) is 0 Å². The number of aliphatic carboxylic acids is 1. The number of ether oxygens (including phenoxy) is 1. The standard InChI is InChI=1S/C19H21NO4/c1-24-17-10-5-9-16(13-17)19(23)20(12-6-11-18(21)22)14-15-7-3-2-4-8-15/h2-5,7-10,13H,6,11-12,14H2,1H3,(H,21,22). The van der Waals surface area contributed by atoms with Gasteiger partial charge in [-0.05, 0) is 30.2 Å². The molecule has 0 aliphatic rings. The highest BCUT2D eigenvalue weighted by Gasteiger charge is 2.17. The minimum absolute atomic E-state index is 0.0384.